The minimum absolute atomic E-state index is 0.0110. The summed E-state index contributed by atoms with van der Waals surface area (Å²) in [5.41, 5.74) is -7.09. The van der Waals surface area contributed by atoms with Gasteiger partial charge in [-0.25, -0.2) is 28.8 Å². The molecular formula is C50H43Cl4N3O29. The normalized spacial score (nSPS) is 10.2. The van der Waals surface area contributed by atoms with Crippen LogP contribution in [0, 0.1) is 42.4 Å². The SMILES string of the molecule is CCO/C=C(\C#COOCC)OOCC.CCOC(=O)c1cc2cc(Cl)c(O)c([N+](=O)[O-])c2oc1=O.CCOC(=O)c1cc2cc(Cl)c(O)cc2oc1=O.O=C(O)c1cc2cc(Cl)c(O)c([N+](=O)[O-])c2oc1=O.O=[N+]([O-])O.Oc1ccc(Cl)c(O)c1. The van der Waals surface area contributed by atoms with E-state index in [1.165, 1.54) is 42.7 Å². The number of phenolic OH excluding ortho intramolecular Hbond substituents is 5. The van der Waals surface area contributed by atoms with Crippen molar-refractivity contribution in [2.24, 2.45) is 0 Å². The molecule has 0 spiro atoms. The lowest BCUT2D eigenvalue weighted by Gasteiger charge is -2.05. The molecule has 36 heteroatoms. The number of nitro benzene ring substituents is 2. The molecule has 4 aromatic carbocycles. The molecule has 0 bridgehead atoms. The summed E-state index contributed by atoms with van der Waals surface area (Å²) in [5, 5.41) is 90.2. The molecule has 0 unspecified atom stereocenters. The second-order valence-electron chi connectivity index (χ2n) is 14.9. The lowest BCUT2D eigenvalue weighted by molar-refractivity contribution is -0.742. The predicted molar refractivity (Wildman–Crippen MR) is 296 cm³/mol. The lowest BCUT2D eigenvalue weighted by Crippen LogP contribution is -2.16. The first-order valence-electron chi connectivity index (χ1n) is 23.2. The summed E-state index contributed by atoms with van der Waals surface area (Å²) in [7, 11) is 0. The second kappa shape index (κ2) is 35.0. The Morgan fingerprint density at radius 3 is 1.45 bits per heavy atom. The molecular weight excluding hydrogens is 1250 g/mol. The molecule has 0 saturated carbocycles. The summed E-state index contributed by atoms with van der Waals surface area (Å²) in [6.45, 7) is 10.2. The van der Waals surface area contributed by atoms with Crippen LogP contribution in [-0.2, 0) is 33.8 Å². The minimum atomic E-state index is -1.54. The van der Waals surface area contributed by atoms with E-state index in [2.05, 4.69) is 31.0 Å². The Hall–Kier alpha value is -10.3. The van der Waals surface area contributed by atoms with Gasteiger partial charge >= 0.3 is 46.2 Å². The molecule has 0 radical (unpaired) electrons. The first kappa shape index (κ1) is 71.8. The van der Waals surface area contributed by atoms with Gasteiger partial charge in [-0.2, -0.15) is 9.78 Å². The van der Waals surface area contributed by atoms with Crippen LogP contribution in [0.4, 0.5) is 11.4 Å². The minimum Gasteiger partial charge on any atom is -0.508 e. The molecule has 0 atom stereocenters. The number of allylic oxidation sites excluding steroid dienone is 1. The molecule has 3 heterocycles. The maximum atomic E-state index is 11.7. The Morgan fingerprint density at radius 2 is 1.02 bits per heavy atom. The number of carboxylic acids is 1. The number of nitro groups is 2. The second-order valence-corrected chi connectivity index (χ2v) is 16.5. The predicted octanol–water partition coefficient (Wildman–Crippen LogP) is 9.49. The summed E-state index contributed by atoms with van der Waals surface area (Å²) in [5.74, 6) is -2.43. The molecule has 0 saturated heterocycles. The van der Waals surface area contributed by atoms with Gasteiger partial charge in [0, 0.05) is 34.2 Å². The van der Waals surface area contributed by atoms with Crippen LogP contribution in [0.1, 0.15) is 65.7 Å². The third-order valence-electron chi connectivity index (χ3n) is 9.18. The Kier molecular flexibility index (Phi) is 29.2. The van der Waals surface area contributed by atoms with Crippen molar-refractivity contribution in [3.8, 4) is 40.8 Å². The van der Waals surface area contributed by atoms with Gasteiger partial charge < -0.3 is 68.2 Å². The average Bonchev–Trinajstić information content (AvgIpc) is 1.53. The van der Waals surface area contributed by atoms with Crippen LogP contribution in [0.3, 0.4) is 0 Å². The fraction of sp³-hybridized carbons (Fsp3) is 0.200. The molecule has 460 valence electrons. The number of carbonyl (C=O) groups excluding carboxylic acids is 2. The van der Waals surface area contributed by atoms with E-state index in [4.69, 9.17) is 105 Å². The van der Waals surface area contributed by atoms with E-state index in [-0.39, 0.29) is 78.2 Å². The van der Waals surface area contributed by atoms with Crippen molar-refractivity contribution in [2.75, 3.05) is 33.0 Å². The highest BCUT2D eigenvalue weighted by molar-refractivity contribution is 6.34. The van der Waals surface area contributed by atoms with Crippen LogP contribution in [-0.4, -0.2) is 102 Å². The van der Waals surface area contributed by atoms with Crippen molar-refractivity contribution in [1.29, 1.82) is 0 Å². The number of carboxylic acid groups (broad SMARTS) is 1. The van der Waals surface area contributed by atoms with Gasteiger partial charge in [-0.05, 0) is 83.1 Å². The van der Waals surface area contributed by atoms with Crippen LogP contribution < -0.4 is 16.9 Å². The zero-order valence-corrected chi connectivity index (χ0v) is 47.4. The number of ether oxygens (including phenoxy) is 3. The smallest absolute Gasteiger partial charge is 0.355 e. The monoisotopic (exact) mass is 1290 g/mol. The number of hydrogen-bond donors (Lipinski definition) is 7. The zero-order valence-electron chi connectivity index (χ0n) is 44.4. The molecule has 32 nitrogen and oxygen atoms in total. The number of hydrogen-bond acceptors (Lipinski definition) is 27. The fourth-order valence-electron chi connectivity index (χ4n) is 5.74. The van der Waals surface area contributed by atoms with Gasteiger partial charge in [0.15, 0.2) is 6.11 Å². The van der Waals surface area contributed by atoms with Gasteiger partial charge in [0.2, 0.25) is 22.7 Å². The summed E-state index contributed by atoms with van der Waals surface area (Å²) in [6.07, 6.45) is 3.62. The van der Waals surface area contributed by atoms with Crippen molar-refractivity contribution in [3.05, 3.63) is 171 Å². The van der Waals surface area contributed by atoms with Crippen molar-refractivity contribution >= 4 is 109 Å². The number of carbonyl (C=O) groups is 3. The first-order valence-corrected chi connectivity index (χ1v) is 24.7. The number of esters is 2. The zero-order chi connectivity index (χ0) is 65.1. The Balaban J connectivity index is 0.000000367. The van der Waals surface area contributed by atoms with Crippen molar-refractivity contribution in [3.63, 3.8) is 0 Å². The summed E-state index contributed by atoms with van der Waals surface area (Å²) in [6, 6.07) is 12.1. The Labute approximate surface area is 498 Å². The van der Waals surface area contributed by atoms with Crippen LogP contribution in [0.25, 0.3) is 32.9 Å². The number of fused-ring (bicyclic) bond motifs is 3. The van der Waals surface area contributed by atoms with Gasteiger partial charge in [-0.3, -0.25) is 25.1 Å². The number of aromatic carboxylic acids is 1. The maximum absolute atomic E-state index is 11.7. The molecule has 7 N–H and O–H groups in total. The number of nitrogens with zero attached hydrogens (tertiary/aromatic N) is 3. The molecule has 0 fully saturated rings. The van der Waals surface area contributed by atoms with Gasteiger partial charge in [-0.15, -0.1) is 10.1 Å². The van der Waals surface area contributed by atoms with E-state index in [0.717, 1.165) is 24.3 Å². The van der Waals surface area contributed by atoms with Crippen molar-refractivity contribution in [1.82, 2.24) is 0 Å². The summed E-state index contributed by atoms with van der Waals surface area (Å²) < 4.78 is 28.7. The summed E-state index contributed by atoms with van der Waals surface area (Å²) in [4.78, 5) is 115. The van der Waals surface area contributed by atoms with Gasteiger partial charge in [0.25, 0.3) is 10.8 Å². The van der Waals surface area contributed by atoms with E-state index in [9.17, 15) is 64.3 Å². The topological polar surface area (TPSA) is 477 Å². The third kappa shape index (κ3) is 21.5. The molecule has 0 aliphatic rings. The van der Waals surface area contributed by atoms with Crippen LogP contribution in [0.2, 0.25) is 20.1 Å². The quantitative estimate of drug-likeness (QED) is 0.00778. The highest BCUT2D eigenvalue weighted by atomic mass is 35.5. The molecule has 0 aliphatic carbocycles. The fourth-order valence-corrected chi connectivity index (χ4v) is 6.44. The summed E-state index contributed by atoms with van der Waals surface area (Å²) >= 11 is 22.4. The van der Waals surface area contributed by atoms with Crippen LogP contribution in [0.15, 0.2) is 100 Å². The van der Waals surface area contributed by atoms with Crippen LogP contribution in [0.5, 0.6) is 28.7 Å². The molecule has 86 heavy (non-hydrogen) atoms. The van der Waals surface area contributed by atoms with Crippen molar-refractivity contribution in [2.45, 2.75) is 34.6 Å². The Morgan fingerprint density at radius 1 is 0.581 bits per heavy atom. The van der Waals surface area contributed by atoms with E-state index >= 15 is 0 Å². The van der Waals surface area contributed by atoms with E-state index in [0.29, 0.717) is 25.2 Å². The van der Waals surface area contributed by atoms with Gasteiger partial charge in [-0.1, -0.05) is 46.4 Å². The molecule has 0 aliphatic heterocycles. The third-order valence-corrected chi connectivity index (χ3v) is 10.4. The van der Waals surface area contributed by atoms with Gasteiger partial charge in [0.05, 0.1) is 63.0 Å². The highest BCUT2D eigenvalue weighted by Gasteiger charge is 2.28. The first-order chi connectivity index (χ1) is 40.5. The number of phenols is 5. The number of benzene rings is 4. The molecule has 0 amide bonds. The van der Waals surface area contributed by atoms with Crippen molar-refractivity contribution < 1.29 is 112 Å². The van der Waals surface area contributed by atoms with Crippen LogP contribution >= 0.6 is 46.4 Å². The lowest BCUT2D eigenvalue weighted by atomic mass is 10.1. The van der Waals surface area contributed by atoms with Gasteiger partial charge in [0.1, 0.15) is 45.8 Å². The number of rotatable bonds is 14. The van der Waals surface area contributed by atoms with E-state index in [1.54, 1.807) is 27.7 Å². The highest BCUT2D eigenvalue weighted by Crippen LogP contribution is 2.41. The molecule has 3 aromatic heterocycles. The number of aromatic hydroxyl groups is 5. The van der Waals surface area contributed by atoms with E-state index in [1.807, 2.05) is 6.92 Å². The molecule has 7 aromatic rings. The largest absolute Gasteiger partial charge is 0.508 e. The molecule has 7 rings (SSSR count). The maximum Gasteiger partial charge on any atom is 0.355 e. The number of halogens is 4. The standard InChI is InChI=1S/C12H8ClNO7.C12H9ClO5.C10H4ClNO7.C10H16O5.C6H5ClO2.HNO3/c1-2-20-11(16)6-3-5-4-7(13)9(15)8(14(18)19)10(5)21-12(6)17;1-2-17-11(15)7-3-6-4-8(13)9(14)5-10(6)18-12(7)16;11-5-2-3-1-4(9(14)15)10(16)19-8(3)6(7(5)13)12(17)18;1-4-11-9-10(15-13-6-3)7-8-14-12-5-2;7-5-2-1-4(8)3-6(5)9;2-1(3)4/h3-4,15H,2H2,1H3;3-5,14H,2H2,1H3;1-2,13H,(H,14,15);9H,4-6H2,1-3H3;1-3,8-9H;(H,2,3,4)/b;;;10-9+;;. The van der Waals surface area contributed by atoms with E-state index < -0.39 is 94.9 Å². The Bertz CT molecular complexity index is 3900. The average molecular weight is 1290 g/mol.